The molecular formula is C16H25N3O4. The molecule has 1 heterocycles. The lowest BCUT2D eigenvalue weighted by Gasteiger charge is -2.55. The predicted molar refractivity (Wildman–Crippen MR) is 82.4 cm³/mol. The van der Waals surface area contributed by atoms with E-state index in [1.165, 1.54) is 0 Å². The van der Waals surface area contributed by atoms with E-state index in [4.69, 9.17) is 15.0 Å². The van der Waals surface area contributed by atoms with Gasteiger partial charge in [0.15, 0.2) is 0 Å². The monoisotopic (exact) mass is 323 g/mol. The first-order valence-corrected chi connectivity index (χ1v) is 8.36. The minimum atomic E-state index is -0.979. The van der Waals surface area contributed by atoms with Crippen LogP contribution in [0, 0.1) is 23.2 Å². The van der Waals surface area contributed by atoms with Crippen LogP contribution in [0.15, 0.2) is 5.11 Å². The maximum atomic E-state index is 12.1. The smallest absolute Gasteiger partial charge is 0.311 e. The molecule has 7 nitrogen and oxygen atoms in total. The summed E-state index contributed by atoms with van der Waals surface area (Å²) in [7, 11) is 1.59. The van der Waals surface area contributed by atoms with E-state index in [0.717, 1.165) is 25.7 Å². The molecule has 23 heavy (non-hydrogen) atoms. The second-order valence-electron chi connectivity index (χ2n) is 7.69. The lowest BCUT2D eigenvalue weighted by molar-refractivity contribution is -0.157. The first-order chi connectivity index (χ1) is 10.9. The second-order valence-corrected chi connectivity index (χ2v) is 7.69. The van der Waals surface area contributed by atoms with Crippen molar-refractivity contribution in [2.75, 3.05) is 20.3 Å². The third-order valence-corrected chi connectivity index (χ3v) is 6.34. The zero-order valence-electron chi connectivity index (χ0n) is 13.8. The number of azide groups is 1. The number of hydrogen-bond donors (Lipinski definition) is 1. The molecule has 0 radical (unpaired) electrons. The quantitative estimate of drug-likeness (QED) is 0.371. The summed E-state index contributed by atoms with van der Waals surface area (Å²) >= 11 is 0. The molecule has 3 rings (SSSR count). The number of methoxy groups -OCH3 is 1. The normalized spacial score (nSPS) is 45.6. The molecule has 0 unspecified atom stereocenters. The Balaban J connectivity index is 1.88. The van der Waals surface area contributed by atoms with Crippen LogP contribution in [-0.2, 0) is 14.3 Å². The number of esters is 1. The minimum Gasteiger partial charge on any atom is -0.462 e. The Morgan fingerprint density at radius 3 is 3.00 bits per heavy atom. The van der Waals surface area contributed by atoms with E-state index < -0.39 is 5.60 Å². The fraction of sp³-hybridized carbons (Fsp3) is 0.938. The molecule has 3 aliphatic rings. The molecule has 0 aromatic heterocycles. The fourth-order valence-corrected chi connectivity index (χ4v) is 5.26. The van der Waals surface area contributed by atoms with Gasteiger partial charge in [-0.2, -0.15) is 0 Å². The number of nitrogens with zero attached hydrogens (tertiary/aromatic N) is 3. The number of hydrogen-bond acceptors (Lipinski definition) is 5. The highest BCUT2D eigenvalue weighted by Crippen LogP contribution is 2.58. The van der Waals surface area contributed by atoms with Crippen molar-refractivity contribution in [3.8, 4) is 0 Å². The van der Waals surface area contributed by atoms with Crippen molar-refractivity contribution in [2.45, 2.75) is 50.7 Å². The van der Waals surface area contributed by atoms with E-state index >= 15 is 0 Å². The first kappa shape index (κ1) is 16.6. The summed E-state index contributed by atoms with van der Waals surface area (Å²) in [5, 5.41) is 14.8. The standard InChI is InChI=1S/C16H25N3O4/c1-15-4-3-5-16(21,9-18-19-17)13(15)6-10-11(8-22-2)14(20)23-12(10)7-15/h10-13,21H,3-9H2,1-2H3/t10-,11+,12-,13-,15-,16+/m1/s1. The topological polar surface area (TPSA) is 105 Å². The van der Waals surface area contributed by atoms with Crippen LogP contribution in [0.4, 0.5) is 0 Å². The van der Waals surface area contributed by atoms with Crippen molar-refractivity contribution < 1.29 is 19.4 Å². The van der Waals surface area contributed by atoms with Crippen molar-refractivity contribution >= 4 is 5.97 Å². The van der Waals surface area contributed by atoms with Crippen molar-refractivity contribution in [3.05, 3.63) is 10.4 Å². The average Bonchev–Trinajstić information content (AvgIpc) is 2.79. The van der Waals surface area contributed by atoms with Crippen molar-refractivity contribution in [3.63, 3.8) is 0 Å². The van der Waals surface area contributed by atoms with Gasteiger partial charge in [0.25, 0.3) is 0 Å². The van der Waals surface area contributed by atoms with Gasteiger partial charge >= 0.3 is 5.97 Å². The Kier molecular flexibility index (Phi) is 4.29. The number of aliphatic hydroxyl groups is 1. The Morgan fingerprint density at radius 1 is 1.52 bits per heavy atom. The molecule has 6 atom stereocenters. The first-order valence-electron chi connectivity index (χ1n) is 8.36. The highest BCUT2D eigenvalue weighted by atomic mass is 16.6. The summed E-state index contributed by atoms with van der Waals surface area (Å²) in [4.78, 5) is 15.0. The van der Waals surface area contributed by atoms with Gasteiger partial charge in [0.1, 0.15) is 6.10 Å². The lowest BCUT2D eigenvalue weighted by atomic mass is 9.52. The number of carbonyl (C=O) groups excluding carboxylic acids is 1. The number of fused-ring (bicyclic) bond motifs is 2. The molecule has 2 saturated carbocycles. The number of ether oxygens (including phenoxy) is 2. The Labute approximate surface area is 136 Å². The average molecular weight is 323 g/mol. The molecule has 128 valence electrons. The van der Waals surface area contributed by atoms with Gasteiger partial charge < -0.3 is 14.6 Å². The van der Waals surface area contributed by atoms with Crippen molar-refractivity contribution in [1.29, 1.82) is 0 Å². The van der Waals surface area contributed by atoms with Crippen LogP contribution < -0.4 is 0 Å². The van der Waals surface area contributed by atoms with E-state index in [1.54, 1.807) is 7.11 Å². The summed E-state index contributed by atoms with van der Waals surface area (Å²) in [6, 6.07) is 0. The van der Waals surface area contributed by atoms with Gasteiger partial charge in [-0.3, -0.25) is 4.79 Å². The summed E-state index contributed by atoms with van der Waals surface area (Å²) in [6.07, 6.45) is 3.97. The molecule has 0 aromatic carbocycles. The van der Waals surface area contributed by atoms with Crippen LogP contribution in [0.25, 0.3) is 10.4 Å². The summed E-state index contributed by atoms with van der Waals surface area (Å²) in [6.45, 7) is 2.63. The van der Waals surface area contributed by atoms with Crippen LogP contribution in [-0.4, -0.2) is 43.0 Å². The van der Waals surface area contributed by atoms with Crippen LogP contribution in [0.3, 0.4) is 0 Å². The third kappa shape index (κ3) is 2.71. The maximum Gasteiger partial charge on any atom is 0.311 e. The van der Waals surface area contributed by atoms with E-state index in [9.17, 15) is 9.90 Å². The molecular weight excluding hydrogens is 298 g/mol. The van der Waals surface area contributed by atoms with E-state index in [0.29, 0.717) is 13.0 Å². The van der Waals surface area contributed by atoms with Gasteiger partial charge in [0.2, 0.25) is 0 Å². The second kappa shape index (κ2) is 5.96. The van der Waals surface area contributed by atoms with E-state index in [2.05, 4.69) is 16.9 Å². The number of rotatable bonds is 4. The van der Waals surface area contributed by atoms with Crippen LogP contribution in [0.1, 0.15) is 39.0 Å². The minimum absolute atomic E-state index is 0.0179. The fourth-order valence-electron chi connectivity index (χ4n) is 5.26. The molecule has 0 aromatic rings. The van der Waals surface area contributed by atoms with E-state index in [1.807, 2.05) is 0 Å². The van der Waals surface area contributed by atoms with E-state index in [-0.39, 0.29) is 41.8 Å². The highest BCUT2D eigenvalue weighted by molar-refractivity contribution is 5.75. The largest absolute Gasteiger partial charge is 0.462 e. The third-order valence-electron chi connectivity index (χ3n) is 6.34. The molecule has 1 saturated heterocycles. The van der Waals surface area contributed by atoms with Crippen LogP contribution in [0.2, 0.25) is 0 Å². The van der Waals surface area contributed by atoms with Gasteiger partial charge in [-0.05, 0) is 42.5 Å². The SMILES string of the molecule is COC[C@@H]1C(=O)O[C@@H]2C[C@@]3(C)CCC[C@](O)(CN=[N+]=[N-])[C@@H]3C[C@H]12. The Bertz CT molecular complexity index is 535. The summed E-state index contributed by atoms with van der Waals surface area (Å²) < 4.78 is 10.8. The van der Waals surface area contributed by atoms with Crippen LogP contribution >= 0.6 is 0 Å². The Morgan fingerprint density at radius 2 is 2.30 bits per heavy atom. The summed E-state index contributed by atoms with van der Waals surface area (Å²) in [5.74, 6) is -0.330. The zero-order chi connectivity index (χ0) is 16.7. The van der Waals surface area contributed by atoms with Gasteiger partial charge in [-0.1, -0.05) is 18.5 Å². The zero-order valence-corrected chi connectivity index (χ0v) is 13.8. The highest BCUT2D eigenvalue weighted by Gasteiger charge is 2.59. The maximum absolute atomic E-state index is 12.1. The predicted octanol–water partition coefficient (Wildman–Crippen LogP) is 2.43. The molecule has 0 amide bonds. The molecule has 1 aliphatic heterocycles. The molecule has 2 aliphatic carbocycles. The molecule has 1 N–H and O–H groups in total. The van der Waals surface area contributed by atoms with Gasteiger partial charge in [0.05, 0.1) is 24.7 Å². The molecule has 0 spiro atoms. The molecule has 7 heteroatoms. The lowest BCUT2D eigenvalue weighted by Crippen LogP contribution is -2.57. The van der Waals surface area contributed by atoms with Crippen molar-refractivity contribution in [1.82, 2.24) is 0 Å². The molecule has 3 fully saturated rings. The Hall–Kier alpha value is -1.30. The van der Waals surface area contributed by atoms with Gasteiger partial charge in [-0.25, -0.2) is 0 Å². The van der Waals surface area contributed by atoms with Crippen molar-refractivity contribution in [2.24, 2.45) is 28.3 Å². The molecule has 0 bridgehead atoms. The summed E-state index contributed by atoms with van der Waals surface area (Å²) in [5.41, 5.74) is 7.57. The van der Waals surface area contributed by atoms with Gasteiger partial charge in [0, 0.05) is 17.9 Å². The van der Waals surface area contributed by atoms with Gasteiger partial charge in [-0.15, -0.1) is 0 Å². The number of carbonyl (C=O) groups is 1. The van der Waals surface area contributed by atoms with Crippen LogP contribution in [0.5, 0.6) is 0 Å².